The maximum absolute atomic E-state index is 2.47. The monoisotopic (exact) mass is 224 g/mol. The molecule has 1 aromatic carbocycles. The van der Waals surface area contributed by atoms with Crippen LogP contribution in [0.5, 0.6) is 0 Å². The molecule has 0 nitrogen and oxygen atoms in total. The summed E-state index contributed by atoms with van der Waals surface area (Å²) in [6.07, 6.45) is 0. The standard InChI is InChI=1S/C11H18Ge/c1-11(2,3)12(4)10-8-6-5-7-9-10/h5-9,12H,1-4H3/t12-/m0/s1. The summed E-state index contributed by atoms with van der Waals surface area (Å²) in [7, 11) is 0. The molecule has 0 saturated carbocycles. The molecule has 0 saturated heterocycles. The van der Waals surface area contributed by atoms with E-state index in [0.29, 0.717) is 4.25 Å². The second-order valence-corrected chi connectivity index (χ2v) is 12.6. The predicted octanol–water partition coefficient (Wildman–Crippen LogP) is 2.55. The molecular weight excluding hydrogens is 205 g/mol. The first-order chi connectivity index (χ1) is 5.52. The molecule has 66 valence electrons. The van der Waals surface area contributed by atoms with E-state index in [0.717, 1.165) is 0 Å². The van der Waals surface area contributed by atoms with Gasteiger partial charge in [0.15, 0.2) is 0 Å². The van der Waals surface area contributed by atoms with E-state index < -0.39 is 14.3 Å². The molecule has 1 heteroatoms. The van der Waals surface area contributed by atoms with Crippen molar-refractivity contribution in [3.8, 4) is 0 Å². The van der Waals surface area contributed by atoms with Gasteiger partial charge in [0.25, 0.3) is 0 Å². The average molecular weight is 223 g/mol. The second-order valence-electron chi connectivity index (χ2n) is 4.50. The molecule has 0 amide bonds. The molecule has 1 rings (SSSR count). The molecule has 1 aromatic rings. The van der Waals surface area contributed by atoms with Gasteiger partial charge in [0.05, 0.1) is 0 Å². The topological polar surface area (TPSA) is 0 Å². The zero-order valence-electron chi connectivity index (χ0n) is 8.46. The van der Waals surface area contributed by atoms with Gasteiger partial charge in [0, 0.05) is 0 Å². The number of rotatable bonds is 1. The molecule has 0 radical (unpaired) electrons. The Morgan fingerprint density at radius 2 is 1.50 bits per heavy atom. The molecule has 12 heavy (non-hydrogen) atoms. The molecule has 0 N–H and O–H groups in total. The third-order valence-corrected chi connectivity index (χ3v) is 11.0. The maximum atomic E-state index is 2.47. The summed E-state index contributed by atoms with van der Waals surface area (Å²) >= 11 is -1.23. The van der Waals surface area contributed by atoms with Gasteiger partial charge in [0.2, 0.25) is 0 Å². The van der Waals surface area contributed by atoms with Gasteiger partial charge >= 0.3 is 79.9 Å². The summed E-state index contributed by atoms with van der Waals surface area (Å²) in [5, 5.41) is 0. The molecule has 0 heterocycles. The fraction of sp³-hybridized carbons (Fsp3) is 0.455. The van der Waals surface area contributed by atoms with E-state index in [-0.39, 0.29) is 0 Å². The van der Waals surface area contributed by atoms with Crippen LogP contribution in [0, 0.1) is 0 Å². The van der Waals surface area contributed by atoms with E-state index in [9.17, 15) is 0 Å². The number of hydrogen-bond acceptors (Lipinski definition) is 0. The van der Waals surface area contributed by atoms with Crippen LogP contribution < -0.4 is 4.40 Å². The first kappa shape index (κ1) is 9.85. The van der Waals surface area contributed by atoms with Crippen molar-refractivity contribution in [1.82, 2.24) is 0 Å². The van der Waals surface area contributed by atoms with Crippen molar-refractivity contribution < 1.29 is 0 Å². The third kappa shape index (κ3) is 2.38. The van der Waals surface area contributed by atoms with E-state index in [4.69, 9.17) is 0 Å². The zero-order chi connectivity index (χ0) is 9.19. The molecule has 0 unspecified atom stereocenters. The van der Waals surface area contributed by atoms with Gasteiger partial charge in [-0.25, -0.2) is 0 Å². The SMILES string of the molecule is [CH3][Ge@@H]([c]1ccccc1)[C](C)(C)C. The van der Waals surface area contributed by atoms with Crippen LogP contribution in [0.2, 0.25) is 10.0 Å². The summed E-state index contributed by atoms with van der Waals surface area (Å²) in [6, 6.07) is 11.0. The predicted molar refractivity (Wildman–Crippen MR) is 58.8 cm³/mol. The van der Waals surface area contributed by atoms with Crippen LogP contribution in [-0.4, -0.2) is 14.3 Å². The van der Waals surface area contributed by atoms with Crippen molar-refractivity contribution in [2.75, 3.05) is 0 Å². The van der Waals surface area contributed by atoms with Crippen molar-refractivity contribution in [3.63, 3.8) is 0 Å². The van der Waals surface area contributed by atoms with E-state index >= 15 is 0 Å². The zero-order valence-corrected chi connectivity index (χ0v) is 10.9. The minimum atomic E-state index is -1.23. The molecular formula is C11H18Ge. The molecule has 1 atom stereocenters. The van der Waals surface area contributed by atoms with Gasteiger partial charge in [0.1, 0.15) is 0 Å². The second kappa shape index (κ2) is 3.65. The molecule has 0 aliphatic heterocycles. The Kier molecular flexibility index (Phi) is 3.00. The van der Waals surface area contributed by atoms with Crippen molar-refractivity contribution in [1.29, 1.82) is 0 Å². The van der Waals surface area contributed by atoms with E-state index in [1.807, 2.05) is 0 Å². The fourth-order valence-corrected chi connectivity index (χ4v) is 5.02. The van der Waals surface area contributed by atoms with Gasteiger partial charge in [-0.1, -0.05) is 0 Å². The normalized spacial score (nSPS) is 14.3. The van der Waals surface area contributed by atoms with Crippen LogP contribution in [0.3, 0.4) is 0 Å². The van der Waals surface area contributed by atoms with Crippen LogP contribution in [0.4, 0.5) is 0 Å². The number of benzene rings is 1. The van der Waals surface area contributed by atoms with Crippen LogP contribution in [-0.2, 0) is 0 Å². The van der Waals surface area contributed by atoms with Gasteiger partial charge in [-0.3, -0.25) is 0 Å². The van der Waals surface area contributed by atoms with Crippen LogP contribution in [0.25, 0.3) is 0 Å². The first-order valence-electron chi connectivity index (χ1n) is 4.57. The van der Waals surface area contributed by atoms with Gasteiger partial charge < -0.3 is 0 Å². The summed E-state index contributed by atoms with van der Waals surface area (Å²) in [5.74, 6) is 2.47. The quantitative estimate of drug-likeness (QED) is 0.641. The van der Waals surface area contributed by atoms with Crippen LogP contribution >= 0.6 is 0 Å². The Labute approximate surface area is 80.1 Å². The molecule has 0 spiro atoms. The Morgan fingerprint density at radius 1 is 1.00 bits per heavy atom. The van der Waals surface area contributed by atoms with E-state index in [1.54, 1.807) is 4.40 Å². The van der Waals surface area contributed by atoms with Gasteiger partial charge in [-0.2, -0.15) is 0 Å². The summed E-state index contributed by atoms with van der Waals surface area (Å²) in [5.41, 5.74) is 0. The third-order valence-electron chi connectivity index (χ3n) is 2.60. The van der Waals surface area contributed by atoms with E-state index in [1.165, 1.54) is 0 Å². The van der Waals surface area contributed by atoms with Crippen LogP contribution in [0.15, 0.2) is 30.3 Å². The molecule has 0 aliphatic rings. The van der Waals surface area contributed by atoms with Gasteiger partial charge in [-0.15, -0.1) is 0 Å². The Hall–Kier alpha value is -0.237. The van der Waals surface area contributed by atoms with Gasteiger partial charge in [-0.05, 0) is 0 Å². The van der Waals surface area contributed by atoms with Crippen LogP contribution in [0.1, 0.15) is 20.8 Å². The van der Waals surface area contributed by atoms with Crippen molar-refractivity contribution in [2.24, 2.45) is 0 Å². The van der Waals surface area contributed by atoms with Crippen molar-refractivity contribution in [2.45, 2.75) is 30.8 Å². The molecule has 0 fully saturated rings. The summed E-state index contributed by atoms with van der Waals surface area (Å²) in [6.45, 7) is 7.10. The average Bonchev–Trinajstić information content (AvgIpc) is 2.03. The number of hydrogen-bond donors (Lipinski definition) is 0. The molecule has 0 aromatic heterocycles. The van der Waals surface area contributed by atoms with E-state index in [2.05, 4.69) is 56.9 Å². The Morgan fingerprint density at radius 3 is 1.92 bits per heavy atom. The minimum absolute atomic E-state index is 0.550. The van der Waals surface area contributed by atoms with Crippen molar-refractivity contribution in [3.05, 3.63) is 30.3 Å². The molecule has 0 aliphatic carbocycles. The summed E-state index contributed by atoms with van der Waals surface area (Å²) in [4.78, 5) is 0. The first-order valence-corrected chi connectivity index (χ1v) is 9.41. The Bertz CT molecular complexity index is 233. The summed E-state index contributed by atoms with van der Waals surface area (Å²) < 4.78 is 2.17. The fourth-order valence-electron chi connectivity index (χ4n) is 1.24. The molecule has 0 bridgehead atoms. The van der Waals surface area contributed by atoms with Crippen molar-refractivity contribution >= 4 is 18.7 Å². The Balaban J connectivity index is 2.86.